The fourth-order valence-electron chi connectivity index (χ4n) is 4.00. The maximum Gasteiger partial charge on any atom is 0.229 e. The Bertz CT molecular complexity index is 975. The Morgan fingerprint density at radius 3 is 2.39 bits per heavy atom. The third-order valence-corrected chi connectivity index (χ3v) is 5.96. The van der Waals surface area contributed by atoms with Crippen LogP contribution in [-0.2, 0) is 17.9 Å². The maximum atomic E-state index is 12.6. The van der Waals surface area contributed by atoms with Gasteiger partial charge in [-0.05, 0) is 36.8 Å². The minimum Gasteiger partial charge on any atom is -0.369 e. The fraction of sp³-hybridized carbons (Fsp3) is 0.360. The van der Waals surface area contributed by atoms with Gasteiger partial charge in [-0.25, -0.2) is 4.98 Å². The Balaban J connectivity index is 1.26. The molecule has 1 fully saturated rings. The molecule has 0 saturated carbocycles. The number of benzene rings is 2. The predicted molar refractivity (Wildman–Crippen MR) is 125 cm³/mol. The Hall–Kier alpha value is -3.12. The van der Waals surface area contributed by atoms with E-state index in [0.717, 1.165) is 44.2 Å². The summed E-state index contributed by atoms with van der Waals surface area (Å²) in [6, 6.07) is 18.9. The van der Waals surface area contributed by atoms with Gasteiger partial charge in [0, 0.05) is 63.0 Å². The van der Waals surface area contributed by atoms with E-state index in [4.69, 9.17) is 0 Å². The number of piperazine rings is 1. The van der Waals surface area contributed by atoms with Gasteiger partial charge in [0.05, 0.1) is 5.92 Å². The van der Waals surface area contributed by atoms with Gasteiger partial charge in [0.15, 0.2) is 0 Å². The summed E-state index contributed by atoms with van der Waals surface area (Å²) in [5.74, 6) is 0.813. The quantitative estimate of drug-likeness (QED) is 0.636. The Morgan fingerprint density at radius 2 is 1.74 bits per heavy atom. The molecular weight excluding hydrogens is 386 g/mol. The summed E-state index contributed by atoms with van der Waals surface area (Å²) in [6.45, 7) is 9.67. The van der Waals surface area contributed by atoms with E-state index in [1.807, 2.05) is 36.7 Å². The monoisotopic (exact) mass is 417 g/mol. The van der Waals surface area contributed by atoms with Gasteiger partial charge in [0.1, 0.15) is 5.82 Å². The number of nitrogens with zero attached hydrogens (tertiary/aromatic N) is 4. The molecule has 1 amide bonds. The highest BCUT2D eigenvalue weighted by Gasteiger charge is 2.18. The first-order valence-corrected chi connectivity index (χ1v) is 11.0. The fourth-order valence-corrected chi connectivity index (χ4v) is 4.00. The summed E-state index contributed by atoms with van der Waals surface area (Å²) < 4.78 is 2.00. The summed E-state index contributed by atoms with van der Waals surface area (Å²) >= 11 is 0. The van der Waals surface area contributed by atoms with Crippen molar-refractivity contribution >= 4 is 17.3 Å². The molecule has 1 unspecified atom stereocenters. The first-order valence-electron chi connectivity index (χ1n) is 11.0. The van der Waals surface area contributed by atoms with Crippen molar-refractivity contribution < 1.29 is 4.79 Å². The van der Waals surface area contributed by atoms with Crippen LogP contribution in [0.1, 0.15) is 18.3 Å². The highest BCUT2D eigenvalue weighted by Crippen LogP contribution is 2.21. The normalized spacial score (nSPS) is 15.6. The van der Waals surface area contributed by atoms with Crippen LogP contribution in [0.3, 0.4) is 0 Å². The average Bonchev–Trinajstić information content (AvgIpc) is 3.20. The van der Waals surface area contributed by atoms with Crippen LogP contribution >= 0.6 is 0 Å². The summed E-state index contributed by atoms with van der Waals surface area (Å²) in [7, 11) is 0. The smallest absolute Gasteiger partial charge is 0.229 e. The number of aromatic nitrogens is 2. The topological polar surface area (TPSA) is 53.4 Å². The van der Waals surface area contributed by atoms with Gasteiger partial charge < -0.3 is 14.8 Å². The van der Waals surface area contributed by atoms with Crippen LogP contribution in [0.5, 0.6) is 0 Å². The molecule has 1 atom stereocenters. The second-order valence-electron chi connectivity index (χ2n) is 8.31. The first-order chi connectivity index (χ1) is 15.1. The van der Waals surface area contributed by atoms with Crippen molar-refractivity contribution in [3.63, 3.8) is 0 Å². The number of nitrogens with one attached hydrogen (secondary N) is 1. The van der Waals surface area contributed by atoms with Crippen molar-refractivity contribution in [2.24, 2.45) is 5.92 Å². The third kappa shape index (κ3) is 5.52. The van der Waals surface area contributed by atoms with Crippen LogP contribution in [0.4, 0.5) is 11.4 Å². The second-order valence-corrected chi connectivity index (χ2v) is 8.31. The lowest BCUT2D eigenvalue weighted by Crippen LogP contribution is -2.45. The van der Waals surface area contributed by atoms with E-state index < -0.39 is 0 Å². The number of hydrogen-bond acceptors (Lipinski definition) is 4. The molecule has 3 aromatic rings. The molecule has 0 spiro atoms. The van der Waals surface area contributed by atoms with Gasteiger partial charge in [-0.2, -0.15) is 0 Å². The molecule has 1 aliphatic rings. The highest BCUT2D eigenvalue weighted by atomic mass is 16.1. The largest absolute Gasteiger partial charge is 0.369 e. The number of carbonyl (C=O) groups excluding carboxylic acids is 1. The van der Waals surface area contributed by atoms with Crippen molar-refractivity contribution in [1.82, 2.24) is 14.5 Å². The molecule has 0 radical (unpaired) electrons. The minimum absolute atomic E-state index is 0.0235. The van der Waals surface area contributed by atoms with Crippen LogP contribution in [-0.4, -0.2) is 46.5 Å². The average molecular weight is 418 g/mol. The van der Waals surface area contributed by atoms with Gasteiger partial charge in [-0.3, -0.25) is 9.69 Å². The van der Waals surface area contributed by atoms with Crippen LogP contribution < -0.4 is 10.2 Å². The minimum atomic E-state index is -0.134. The number of aryl methyl sites for hydroxylation is 1. The number of carbonyl (C=O) groups is 1. The molecule has 2 heterocycles. The van der Waals surface area contributed by atoms with Crippen molar-refractivity contribution in [2.45, 2.75) is 26.9 Å². The van der Waals surface area contributed by atoms with Gasteiger partial charge >= 0.3 is 0 Å². The Kier molecular flexibility index (Phi) is 6.67. The van der Waals surface area contributed by atoms with Crippen molar-refractivity contribution in [1.29, 1.82) is 0 Å². The second kappa shape index (κ2) is 9.79. The lowest BCUT2D eigenvalue weighted by atomic mass is 10.1. The molecule has 162 valence electrons. The highest BCUT2D eigenvalue weighted by molar-refractivity contribution is 5.92. The molecule has 2 aromatic carbocycles. The van der Waals surface area contributed by atoms with E-state index >= 15 is 0 Å². The molecule has 6 nitrogen and oxygen atoms in total. The number of imidazole rings is 1. The number of anilines is 2. The molecule has 1 saturated heterocycles. The summed E-state index contributed by atoms with van der Waals surface area (Å²) in [4.78, 5) is 21.7. The maximum absolute atomic E-state index is 12.6. The molecule has 1 aromatic heterocycles. The Labute approximate surface area is 184 Å². The van der Waals surface area contributed by atoms with Crippen molar-refractivity contribution in [3.05, 3.63) is 78.4 Å². The van der Waals surface area contributed by atoms with Gasteiger partial charge in [-0.1, -0.05) is 37.3 Å². The summed E-state index contributed by atoms with van der Waals surface area (Å²) in [5, 5.41) is 3.04. The zero-order valence-corrected chi connectivity index (χ0v) is 18.4. The molecular formula is C25H31N5O. The van der Waals surface area contributed by atoms with Crippen LogP contribution in [0.25, 0.3) is 0 Å². The van der Waals surface area contributed by atoms with Crippen molar-refractivity contribution in [2.75, 3.05) is 36.4 Å². The van der Waals surface area contributed by atoms with E-state index in [1.54, 1.807) is 6.20 Å². The summed E-state index contributed by atoms with van der Waals surface area (Å²) in [6.07, 6.45) is 3.67. The lowest BCUT2D eigenvalue weighted by molar-refractivity contribution is -0.119. The van der Waals surface area contributed by atoms with E-state index in [1.165, 1.54) is 11.3 Å². The molecule has 0 aliphatic carbocycles. The summed E-state index contributed by atoms with van der Waals surface area (Å²) in [5.41, 5.74) is 3.42. The molecule has 4 rings (SSSR count). The molecule has 0 bridgehead atoms. The van der Waals surface area contributed by atoms with E-state index in [2.05, 4.69) is 62.6 Å². The number of rotatable bonds is 7. The standard InChI is InChI=1S/C25H31N5O/c1-20(18-30-13-12-26-21(30)2)25(31)27-23-8-10-24(11-9-23)29-16-14-28(15-17-29)19-22-6-4-3-5-7-22/h3-13,20H,14-19H2,1-2H3,(H,27,31). The molecule has 1 N–H and O–H groups in total. The third-order valence-electron chi connectivity index (χ3n) is 5.96. The van der Waals surface area contributed by atoms with E-state index in [-0.39, 0.29) is 11.8 Å². The predicted octanol–water partition coefficient (Wildman–Crippen LogP) is 3.79. The Morgan fingerprint density at radius 1 is 1.03 bits per heavy atom. The number of hydrogen-bond donors (Lipinski definition) is 1. The molecule has 1 aliphatic heterocycles. The van der Waals surface area contributed by atoms with Gasteiger partial charge in [-0.15, -0.1) is 0 Å². The van der Waals surface area contributed by atoms with Gasteiger partial charge in [0.2, 0.25) is 5.91 Å². The van der Waals surface area contributed by atoms with Crippen LogP contribution in [0.2, 0.25) is 0 Å². The first kappa shape index (κ1) is 21.1. The van der Waals surface area contributed by atoms with Crippen LogP contribution in [0.15, 0.2) is 67.0 Å². The molecule has 31 heavy (non-hydrogen) atoms. The van der Waals surface area contributed by atoms with Gasteiger partial charge in [0.25, 0.3) is 0 Å². The zero-order chi connectivity index (χ0) is 21.6. The zero-order valence-electron chi connectivity index (χ0n) is 18.4. The molecule has 6 heteroatoms. The SMILES string of the molecule is Cc1nccn1CC(C)C(=O)Nc1ccc(N2CCN(Cc3ccccc3)CC2)cc1. The number of amides is 1. The lowest BCUT2D eigenvalue weighted by Gasteiger charge is -2.36. The van der Waals surface area contributed by atoms with E-state index in [9.17, 15) is 4.79 Å². The van der Waals surface area contributed by atoms with Crippen LogP contribution in [0, 0.1) is 12.8 Å². The van der Waals surface area contributed by atoms with E-state index in [0.29, 0.717) is 6.54 Å². The van der Waals surface area contributed by atoms with Crippen molar-refractivity contribution in [3.8, 4) is 0 Å².